The zero-order chi connectivity index (χ0) is 13.1. The summed E-state index contributed by atoms with van der Waals surface area (Å²) in [5.41, 5.74) is 7.57. The van der Waals surface area contributed by atoms with Gasteiger partial charge < -0.3 is 14.9 Å². The Morgan fingerprint density at radius 1 is 1.28 bits per heavy atom. The van der Waals surface area contributed by atoms with Crippen LogP contribution in [0.25, 0.3) is 0 Å². The first kappa shape index (κ1) is 13.0. The monoisotopic (exact) mass is 265 g/mol. The highest BCUT2D eigenvalue weighted by Crippen LogP contribution is 2.24. The van der Waals surface area contributed by atoms with Crippen LogP contribution >= 0.6 is 11.6 Å². The zero-order valence-electron chi connectivity index (χ0n) is 10.5. The van der Waals surface area contributed by atoms with Crippen molar-refractivity contribution in [1.82, 2.24) is 0 Å². The van der Waals surface area contributed by atoms with Gasteiger partial charge in [-0.25, -0.2) is 0 Å². The molecule has 2 aromatic rings. The molecule has 0 saturated carbocycles. The number of ether oxygens (including phenoxy) is 1. The van der Waals surface area contributed by atoms with E-state index in [0.29, 0.717) is 18.2 Å². The normalized spacial score (nSPS) is 10.7. The number of furan rings is 1. The van der Waals surface area contributed by atoms with Crippen LogP contribution in [0.1, 0.15) is 22.6 Å². The summed E-state index contributed by atoms with van der Waals surface area (Å²) in [7, 11) is 0. The highest BCUT2D eigenvalue weighted by molar-refractivity contribution is 6.30. The van der Waals surface area contributed by atoms with Crippen LogP contribution in [0.4, 0.5) is 0 Å². The number of halogens is 1. The van der Waals surface area contributed by atoms with E-state index in [-0.39, 0.29) is 0 Å². The first-order valence-corrected chi connectivity index (χ1v) is 6.15. The molecule has 0 radical (unpaired) electrons. The maximum absolute atomic E-state index is 5.90. The molecule has 1 heterocycles. The van der Waals surface area contributed by atoms with Gasteiger partial charge in [0.25, 0.3) is 0 Å². The van der Waals surface area contributed by atoms with E-state index in [1.807, 2.05) is 38.1 Å². The van der Waals surface area contributed by atoms with Crippen molar-refractivity contribution < 1.29 is 9.15 Å². The molecule has 3 nitrogen and oxygen atoms in total. The first-order chi connectivity index (χ1) is 8.60. The van der Waals surface area contributed by atoms with Gasteiger partial charge >= 0.3 is 0 Å². The molecular weight excluding hydrogens is 250 g/mol. The van der Waals surface area contributed by atoms with E-state index < -0.39 is 0 Å². The van der Waals surface area contributed by atoms with Crippen LogP contribution in [0, 0.1) is 13.8 Å². The fourth-order valence-electron chi connectivity index (χ4n) is 1.76. The van der Waals surface area contributed by atoms with Crippen molar-refractivity contribution in [2.24, 2.45) is 5.73 Å². The fraction of sp³-hybridized carbons (Fsp3) is 0.286. The Bertz CT molecular complexity index is 549. The topological polar surface area (TPSA) is 48.4 Å². The Morgan fingerprint density at radius 3 is 2.67 bits per heavy atom. The first-order valence-electron chi connectivity index (χ1n) is 5.77. The van der Waals surface area contributed by atoms with Gasteiger partial charge in [-0.1, -0.05) is 11.6 Å². The summed E-state index contributed by atoms with van der Waals surface area (Å²) in [6.45, 7) is 4.75. The lowest BCUT2D eigenvalue weighted by Gasteiger charge is -2.08. The predicted molar refractivity (Wildman–Crippen MR) is 71.9 cm³/mol. The molecule has 96 valence electrons. The average molecular weight is 266 g/mol. The van der Waals surface area contributed by atoms with Gasteiger partial charge in [-0.3, -0.25) is 0 Å². The third kappa shape index (κ3) is 2.86. The van der Waals surface area contributed by atoms with Crippen molar-refractivity contribution >= 4 is 11.6 Å². The van der Waals surface area contributed by atoms with Crippen molar-refractivity contribution in [1.29, 1.82) is 0 Å². The van der Waals surface area contributed by atoms with E-state index in [9.17, 15) is 0 Å². The standard InChI is InChI=1S/C14H16ClNO2/c1-9-5-12(15)3-4-14(9)17-8-11-6-13(7-16)18-10(11)2/h3-6H,7-8,16H2,1-2H3. The number of benzene rings is 1. The van der Waals surface area contributed by atoms with Crippen molar-refractivity contribution in [3.8, 4) is 5.75 Å². The van der Waals surface area contributed by atoms with Crippen LogP contribution in [0.15, 0.2) is 28.7 Å². The van der Waals surface area contributed by atoms with Crippen LogP contribution in [0.5, 0.6) is 5.75 Å². The number of rotatable bonds is 4. The third-order valence-corrected chi connectivity index (χ3v) is 3.03. The van der Waals surface area contributed by atoms with Gasteiger partial charge in [-0.2, -0.15) is 0 Å². The summed E-state index contributed by atoms with van der Waals surface area (Å²) in [6, 6.07) is 7.50. The molecule has 0 amide bonds. The Kier molecular flexibility index (Phi) is 3.94. The number of aryl methyl sites for hydroxylation is 2. The summed E-state index contributed by atoms with van der Waals surface area (Å²) < 4.78 is 11.2. The van der Waals surface area contributed by atoms with E-state index in [0.717, 1.165) is 28.4 Å². The van der Waals surface area contributed by atoms with Gasteiger partial charge in [-0.15, -0.1) is 0 Å². The average Bonchev–Trinajstić information content (AvgIpc) is 2.69. The molecule has 0 unspecified atom stereocenters. The summed E-state index contributed by atoms with van der Waals surface area (Å²) in [5, 5.41) is 0.713. The summed E-state index contributed by atoms with van der Waals surface area (Å²) >= 11 is 5.90. The minimum absolute atomic E-state index is 0.404. The van der Waals surface area contributed by atoms with Crippen molar-refractivity contribution in [2.45, 2.75) is 27.0 Å². The number of hydrogen-bond donors (Lipinski definition) is 1. The summed E-state index contributed by atoms with van der Waals surface area (Å²) in [4.78, 5) is 0. The van der Waals surface area contributed by atoms with Crippen molar-refractivity contribution in [2.75, 3.05) is 0 Å². The molecule has 0 aliphatic heterocycles. The maximum atomic E-state index is 5.90. The molecule has 18 heavy (non-hydrogen) atoms. The highest BCUT2D eigenvalue weighted by atomic mass is 35.5. The molecular formula is C14H16ClNO2. The van der Waals surface area contributed by atoms with E-state index in [1.54, 1.807) is 0 Å². The second kappa shape index (κ2) is 5.46. The van der Waals surface area contributed by atoms with Gasteiger partial charge in [0.2, 0.25) is 0 Å². The fourth-order valence-corrected chi connectivity index (χ4v) is 1.99. The molecule has 0 atom stereocenters. The predicted octanol–water partition coefficient (Wildman–Crippen LogP) is 3.59. The van der Waals surface area contributed by atoms with Gasteiger partial charge in [0.15, 0.2) is 0 Å². The third-order valence-electron chi connectivity index (χ3n) is 2.79. The van der Waals surface area contributed by atoms with Crippen LogP contribution in [0.3, 0.4) is 0 Å². The molecule has 0 aliphatic rings. The minimum atomic E-state index is 0.404. The lowest BCUT2D eigenvalue weighted by Crippen LogP contribution is -1.97. The number of hydrogen-bond acceptors (Lipinski definition) is 3. The molecule has 0 saturated heterocycles. The van der Waals surface area contributed by atoms with Crippen LogP contribution in [0.2, 0.25) is 5.02 Å². The Morgan fingerprint density at radius 2 is 2.06 bits per heavy atom. The minimum Gasteiger partial charge on any atom is -0.489 e. The lowest BCUT2D eigenvalue weighted by atomic mass is 10.2. The molecule has 1 aromatic heterocycles. The highest BCUT2D eigenvalue weighted by Gasteiger charge is 2.08. The summed E-state index contributed by atoms with van der Waals surface area (Å²) in [5.74, 6) is 2.45. The molecule has 4 heteroatoms. The molecule has 1 aromatic carbocycles. The van der Waals surface area contributed by atoms with Crippen LogP contribution < -0.4 is 10.5 Å². The van der Waals surface area contributed by atoms with Crippen molar-refractivity contribution in [3.63, 3.8) is 0 Å². The SMILES string of the molecule is Cc1cc(Cl)ccc1OCc1cc(CN)oc1C. The van der Waals surface area contributed by atoms with E-state index in [4.69, 9.17) is 26.5 Å². The quantitative estimate of drug-likeness (QED) is 0.919. The van der Waals surface area contributed by atoms with E-state index in [2.05, 4.69) is 0 Å². The van der Waals surface area contributed by atoms with E-state index in [1.165, 1.54) is 0 Å². The summed E-state index contributed by atoms with van der Waals surface area (Å²) in [6.07, 6.45) is 0. The smallest absolute Gasteiger partial charge is 0.122 e. The molecule has 2 rings (SSSR count). The van der Waals surface area contributed by atoms with Crippen LogP contribution in [-0.2, 0) is 13.2 Å². The molecule has 0 fully saturated rings. The van der Waals surface area contributed by atoms with Gasteiger partial charge in [0, 0.05) is 10.6 Å². The zero-order valence-corrected chi connectivity index (χ0v) is 11.3. The maximum Gasteiger partial charge on any atom is 0.122 e. The van der Waals surface area contributed by atoms with Gasteiger partial charge in [-0.05, 0) is 43.7 Å². The van der Waals surface area contributed by atoms with Crippen molar-refractivity contribution in [3.05, 3.63) is 51.9 Å². The molecule has 0 bridgehead atoms. The second-order valence-corrected chi connectivity index (χ2v) is 4.63. The lowest BCUT2D eigenvalue weighted by molar-refractivity contribution is 0.301. The molecule has 0 spiro atoms. The van der Waals surface area contributed by atoms with Gasteiger partial charge in [0.1, 0.15) is 23.9 Å². The number of nitrogens with two attached hydrogens (primary N) is 1. The Balaban J connectivity index is 2.08. The second-order valence-electron chi connectivity index (χ2n) is 4.20. The van der Waals surface area contributed by atoms with Gasteiger partial charge in [0.05, 0.1) is 6.54 Å². The van der Waals surface area contributed by atoms with E-state index >= 15 is 0 Å². The van der Waals surface area contributed by atoms with Crippen LogP contribution in [-0.4, -0.2) is 0 Å². The Labute approximate surface area is 111 Å². The molecule has 0 aliphatic carbocycles. The molecule has 2 N–H and O–H groups in total. The Hall–Kier alpha value is -1.45. The largest absolute Gasteiger partial charge is 0.489 e.